The normalized spacial score (nSPS) is 12.1. The molecule has 1 atom stereocenters. The number of aliphatic hydroxyl groups is 1. The Labute approximate surface area is 164 Å². The van der Waals surface area contributed by atoms with Crippen molar-refractivity contribution < 1.29 is 19.7 Å². The molecule has 0 saturated carbocycles. The summed E-state index contributed by atoms with van der Waals surface area (Å²) in [6.45, 7) is 8.61. The summed E-state index contributed by atoms with van der Waals surface area (Å²) in [6.07, 6.45) is 7.20. The minimum atomic E-state index is -1.27. The number of carbonyl (C=O) groups is 1. The van der Waals surface area contributed by atoms with Crippen molar-refractivity contribution in [3.05, 3.63) is 28.8 Å². The third kappa shape index (κ3) is 9.78. The SMILES string of the molecule is CCCCCCCCOc1cc(C)c(CNCCCC(O)C(=O)O)c(C)c1. The monoisotopic (exact) mass is 379 g/mol. The second-order valence-corrected chi connectivity index (χ2v) is 7.32. The largest absolute Gasteiger partial charge is 0.494 e. The first-order valence-electron chi connectivity index (χ1n) is 10.3. The molecule has 0 spiro atoms. The summed E-state index contributed by atoms with van der Waals surface area (Å²) in [5.41, 5.74) is 3.65. The molecule has 154 valence electrons. The molecule has 0 aromatic heterocycles. The molecular formula is C22H37NO4. The second kappa shape index (κ2) is 13.6. The molecule has 0 radical (unpaired) electrons. The molecule has 5 nitrogen and oxygen atoms in total. The quantitative estimate of drug-likeness (QED) is 0.395. The topological polar surface area (TPSA) is 78.8 Å². The van der Waals surface area contributed by atoms with E-state index in [0.29, 0.717) is 13.0 Å². The Kier molecular flexibility index (Phi) is 11.8. The smallest absolute Gasteiger partial charge is 0.332 e. The van der Waals surface area contributed by atoms with Crippen LogP contribution in [0.25, 0.3) is 0 Å². The molecule has 0 fully saturated rings. The molecule has 3 N–H and O–H groups in total. The molecular weight excluding hydrogens is 342 g/mol. The number of unbranched alkanes of at least 4 members (excludes halogenated alkanes) is 5. The van der Waals surface area contributed by atoms with Gasteiger partial charge in [0.25, 0.3) is 0 Å². The van der Waals surface area contributed by atoms with Crippen molar-refractivity contribution >= 4 is 5.97 Å². The van der Waals surface area contributed by atoms with E-state index in [0.717, 1.165) is 25.3 Å². The Bertz CT molecular complexity index is 536. The summed E-state index contributed by atoms with van der Waals surface area (Å²) in [4.78, 5) is 10.6. The van der Waals surface area contributed by atoms with Gasteiger partial charge in [0.05, 0.1) is 6.61 Å². The number of hydrogen-bond donors (Lipinski definition) is 3. The Balaban J connectivity index is 2.32. The van der Waals surface area contributed by atoms with Gasteiger partial charge in [0.2, 0.25) is 0 Å². The number of benzene rings is 1. The minimum absolute atomic E-state index is 0.269. The van der Waals surface area contributed by atoms with Crippen LogP contribution in [0.2, 0.25) is 0 Å². The highest BCUT2D eigenvalue weighted by Crippen LogP contribution is 2.22. The van der Waals surface area contributed by atoms with E-state index in [4.69, 9.17) is 9.84 Å². The van der Waals surface area contributed by atoms with Crippen LogP contribution in [0.3, 0.4) is 0 Å². The maximum atomic E-state index is 10.6. The summed E-state index contributed by atoms with van der Waals surface area (Å²) < 4.78 is 5.92. The first-order valence-corrected chi connectivity index (χ1v) is 10.3. The Morgan fingerprint density at radius 1 is 1.07 bits per heavy atom. The molecule has 0 bridgehead atoms. The molecule has 1 aromatic rings. The molecule has 1 unspecified atom stereocenters. The summed E-state index contributed by atoms with van der Waals surface area (Å²) in [5.74, 6) is -0.217. The first-order chi connectivity index (χ1) is 13.0. The lowest BCUT2D eigenvalue weighted by Crippen LogP contribution is -2.22. The van der Waals surface area contributed by atoms with Crippen molar-refractivity contribution in [1.82, 2.24) is 5.32 Å². The predicted molar refractivity (Wildman–Crippen MR) is 109 cm³/mol. The van der Waals surface area contributed by atoms with E-state index in [2.05, 4.69) is 38.2 Å². The van der Waals surface area contributed by atoms with Crippen LogP contribution in [0.5, 0.6) is 5.75 Å². The van der Waals surface area contributed by atoms with Crippen molar-refractivity contribution in [3.8, 4) is 5.75 Å². The average molecular weight is 380 g/mol. The lowest BCUT2D eigenvalue weighted by molar-refractivity contribution is -0.146. The van der Waals surface area contributed by atoms with Gasteiger partial charge < -0.3 is 20.3 Å². The highest BCUT2D eigenvalue weighted by atomic mass is 16.5. The Hall–Kier alpha value is -1.59. The second-order valence-electron chi connectivity index (χ2n) is 7.32. The highest BCUT2D eigenvalue weighted by Gasteiger charge is 2.12. The summed E-state index contributed by atoms with van der Waals surface area (Å²) >= 11 is 0. The average Bonchev–Trinajstić information content (AvgIpc) is 2.62. The number of carboxylic acid groups (broad SMARTS) is 1. The minimum Gasteiger partial charge on any atom is -0.494 e. The van der Waals surface area contributed by atoms with Crippen LogP contribution in [0, 0.1) is 13.8 Å². The molecule has 0 aliphatic carbocycles. The molecule has 0 aliphatic heterocycles. The van der Waals surface area contributed by atoms with Crippen molar-refractivity contribution in [2.24, 2.45) is 0 Å². The number of carboxylic acids is 1. The molecule has 1 rings (SSSR count). The van der Waals surface area contributed by atoms with E-state index in [1.807, 2.05) is 0 Å². The van der Waals surface area contributed by atoms with E-state index in [1.165, 1.54) is 48.8 Å². The van der Waals surface area contributed by atoms with E-state index in [9.17, 15) is 9.90 Å². The lowest BCUT2D eigenvalue weighted by Gasteiger charge is -2.14. The standard InChI is InChI=1S/C22H37NO4/c1-4-5-6-7-8-9-13-27-19-14-17(2)20(18(3)15-19)16-23-12-10-11-21(24)22(25)26/h14-15,21,23-24H,4-13,16H2,1-3H3,(H,25,26). The molecule has 27 heavy (non-hydrogen) atoms. The van der Waals surface area contributed by atoms with Gasteiger partial charge in [0, 0.05) is 6.54 Å². The van der Waals surface area contributed by atoms with Crippen molar-refractivity contribution in [2.75, 3.05) is 13.2 Å². The Morgan fingerprint density at radius 2 is 1.70 bits per heavy atom. The molecule has 0 amide bonds. The van der Waals surface area contributed by atoms with Gasteiger partial charge in [-0.3, -0.25) is 0 Å². The lowest BCUT2D eigenvalue weighted by atomic mass is 10.0. The Morgan fingerprint density at radius 3 is 2.33 bits per heavy atom. The fourth-order valence-corrected chi connectivity index (χ4v) is 3.15. The van der Waals surface area contributed by atoms with E-state index in [-0.39, 0.29) is 6.42 Å². The summed E-state index contributed by atoms with van der Waals surface area (Å²) in [6, 6.07) is 4.19. The fraction of sp³-hybridized carbons (Fsp3) is 0.682. The first kappa shape index (κ1) is 23.4. The fourth-order valence-electron chi connectivity index (χ4n) is 3.15. The zero-order valence-electron chi connectivity index (χ0n) is 17.2. The maximum Gasteiger partial charge on any atom is 0.332 e. The molecule has 5 heteroatoms. The van der Waals surface area contributed by atoms with Crippen molar-refractivity contribution in [2.45, 2.75) is 84.8 Å². The van der Waals surface area contributed by atoms with E-state index in [1.54, 1.807) is 0 Å². The predicted octanol–water partition coefficient (Wildman–Crippen LogP) is 4.36. The zero-order valence-corrected chi connectivity index (χ0v) is 17.2. The van der Waals surface area contributed by atoms with Crippen molar-refractivity contribution in [3.63, 3.8) is 0 Å². The third-order valence-electron chi connectivity index (χ3n) is 4.85. The highest BCUT2D eigenvalue weighted by molar-refractivity contribution is 5.71. The van der Waals surface area contributed by atoms with Crippen LogP contribution < -0.4 is 10.1 Å². The van der Waals surface area contributed by atoms with Crippen LogP contribution in [-0.2, 0) is 11.3 Å². The van der Waals surface area contributed by atoms with E-state index < -0.39 is 12.1 Å². The molecule has 0 saturated heterocycles. The molecule has 0 heterocycles. The van der Waals surface area contributed by atoms with Gasteiger partial charge in [-0.25, -0.2) is 4.79 Å². The summed E-state index contributed by atoms with van der Waals surface area (Å²) in [5, 5.41) is 21.3. The van der Waals surface area contributed by atoms with Gasteiger partial charge in [-0.1, -0.05) is 39.0 Å². The number of rotatable bonds is 15. The van der Waals surface area contributed by atoms with Crippen LogP contribution in [-0.4, -0.2) is 35.4 Å². The number of aliphatic hydroxyl groups excluding tert-OH is 1. The number of nitrogens with one attached hydrogen (secondary N) is 1. The number of ether oxygens (including phenoxy) is 1. The van der Waals surface area contributed by atoms with Gasteiger partial charge in [-0.05, 0) is 68.5 Å². The third-order valence-corrected chi connectivity index (χ3v) is 4.85. The van der Waals surface area contributed by atoms with Gasteiger partial charge in [0.1, 0.15) is 5.75 Å². The van der Waals surface area contributed by atoms with E-state index >= 15 is 0 Å². The van der Waals surface area contributed by atoms with Gasteiger partial charge >= 0.3 is 5.97 Å². The zero-order chi connectivity index (χ0) is 20.1. The van der Waals surface area contributed by atoms with Gasteiger partial charge in [0.15, 0.2) is 6.10 Å². The van der Waals surface area contributed by atoms with Gasteiger partial charge in [-0.2, -0.15) is 0 Å². The maximum absolute atomic E-state index is 10.6. The van der Waals surface area contributed by atoms with Gasteiger partial charge in [-0.15, -0.1) is 0 Å². The number of aryl methyl sites for hydroxylation is 2. The van der Waals surface area contributed by atoms with Crippen LogP contribution in [0.15, 0.2) is 12.1 Å². The van der Waals surface area contributed by atoms with Crippen LogP contribution in [0.4, 0.5) is 0 Å². The molecule has 0 aliphatic rings. The molecule has 1 aromatic carbocycles. The number of hydrogen-bond acceptors (Lipinski definition) is 4. The van der Waals surface area contributed by atoms with Crippen molar-refractivity contribution in [1.29, 1.82) is 0 Å². The van der Waals surface area contributed by atoms with Crippen LogP contribution >= 0.6 is 0 Å². The summed E-state index contributed by atoms with van der Waals surface area (Å²) in [7, 11) is 0. The van der Waals surface area contributed by atoms with Crippen LogP contribution in [0.1, 0.15) is 75.0 Å². The number of aliphatic carboxylic acids is 1.